The van der Waals surface area contributed by atoms with Crippen molar-refractivity contribution in [3.8, 4) is 11.6 Å². The minimum absolute atomic E-state index is 0.185. The molecular formula is C21H21FN2O2. The number of carbonyl (C=O) groups is 1. The van der Waals surface area contributed by atoms with Gasteiger partial charge in [-0.25, -0.2) is 13.9 Å². The Hall–Kier alpha value is -2.95. The Labute approximate surface area is 152 Å². The Kier molecular flexibility index (Phi) is 4.89. The monoisotopic (exact) mass is 352 g/mol. The Bertz CT molecular complexity index is 943. The summed E-state index contributed by atoms with van der Waals surface area (Å²) in [6, 6.07) is 13.0. The highest BCUT2D eigenvalue weighted by molar-refractivity contribution is 5.90. The molecule has 0 aliphatic heterocycles. The topological polar surface area (TPSA) is 44.1 Å². The number of aromatic nitrogens is 2. The van der Waals surface area contributed by atoms with Crippen molar-refractivity contribution in [2.45, 2.75) is 33.6 Å². The lowest BCUT2D eigenvalue weighted by molar-refractivity contribution is 0.0723. The van der Waals surface area contributed by atoms with Crippen molar-refractivity contribution in [2.24, 2.45) is 0 Å². The first-order valence-electron chi connectivity index (χ1n) is 8.51. The highest BCUT2D eigenvalue weighted by atomic mass is 19.1. The van der Waals surface area contributed by atoms with Crippen LogP contribution < -0.4 is 4.74 Å². The van der Waals surface area contributed by atoms with E-state index in [1.54, 1.807) is 10.7 Å². The van der Waals surface area contributed by atoms with Crippen LogP contribution in [0.3, 0.4) is 0 Å². The maximum absolute atomic E-state index is 13.1. The number of carbonyl (C=O) groups excluding carboxylic acids is 1. The van der Waals surface area contributed by atoms with Crippen molar-refractivity contribution in [2.75, 3.05) is 0 Å². The van der Waals surface area contributed by atoms with Crippen LogP contribution in [-0.4, -0.2) is 15.7 Å². The molecule has 0 saturated carbocycles. The zero-order chi connectivity index (χ0) is 18.8. The quantitative estimate of drug-likeness (QED) is 0.623. The molecule has 2 aromatic carbocycles. The van der Waals surface area contributed by atoms with Crippen molar-refractivity contribution in [1.29, 1.82) is 0 Å². The summed E-state index contributed by atoms with van der Waals surface area (Å²) in [6.45, 7) is 8.09. The molecule has 0 amide bonds. The van der Waals surface area contributed by atoms with Crippen LogP contribution in [0, 0.1) is 19.7 Å². The lowest BCUT2D eigenvalue weighted by Crippen LogP contribution is -2.12. The van der Waals surface area contributed by atoms with Crippen LogP contribution in [0.5, 0.6) is 5.88 Å². The third-order valence-corrected chi connectivity index (χ3v) is 4.37. The van der Waals surface area contributed by atoms with Gasteiger partial charge in [-0.1, -0.05) is 26.0 Å². The number of benzene rings is 2. The Balaban J connectivity index is 2.02. The van der Waals surface area contributed by atoms with Gasteiger partial charge in [0, 0.05) is 6.07 Å². The van der Waals surface area contributed by atoms with Crippen LogP contribution in [-0.2, 0) is 0 Å². The Morgan fingerprint density at radius 3 is 2.46 bits per heavy atom. The molecule has 0 N–H and O–H groups in total. The van der Waals surface area contributed by atoms with E-state index in [4.69, 9.17) is 4.74 Å². The van der Waals surface area contributed by atoms with Gasteiger partial charge in [0.15, 0.2) is 0 Å². The van der Waals surface area contributed by atoms with Gasteiger partial charge in [0.25, 0.3) is 0 Å². The molecule has 0 saturated heterocycles. The molecule has 0 unspecified atom stereocenters. The summed E-state index contributed by atoms with van der Waals surface area (Å²) < 4.78 is 20.3. The largest absolute Gasteiger partial charge is 0.404 e. The summed E-state index contributed by atoms with van der Waals surface area (Å²) in [5.74, 6) is -0.419. The first-order chi connectivity index (χ1) is 12.4. The molecule has 0 bridgehead atoms. The summed E-state index contributed by atoms with van der Waals surface area (Å²) in [6.07, 6.45) is 0. The number of nitrogens with zero attached hydrogens (tertiary/aromatic N) is 2. The van der Waals surface area contributed by atoms with E-state index in [1.165, 1.54) is 24.3 Å². The number of halogens is 1. The van der Waals surface area contributed by atoms with Gasteiger partial charge in [0.2, 0.25) is 5.88 Å². The minimum atomic E-state index is -0.549. The molecule has 0 atom stereocenters. The predicted octanol–water partition coefficient (Wildman–Crippen LogP) is 4.97. The van der Waals surface area contributed by atoms with Crippen LogP contribution in [0.2, 0.25) is 0 Å². The second kappa shape index (κ2) is 7.12. The highest BCUT2D eigenvalue weighted by Gasteiger charge is 2.18. The Morgan fingerprint density at radius 2 is 1.81 bits per heavy atom. The molecule has 0 radical (unpaired) electrons. The van der Waals surface area contributed by atoms with Crippen molar-refractivity contribution in [3.05, 3.63) is 76.7 Å². The van der Waals surface area contributed by atoms with E-state index >= 15 is 0 Å². The van der Waals surface area contributed by atoms with Gasteiger partial charge in [-0.3, -0.25) is 0 Å². The molecule has 0 aliphatic carbocycles. The lowest BCUT2D eigenvalue weighted by Gasteiger charge is -2.12. The van der Waals surface area contributed by atoms with Crippen molar-refractivity contribution >= 4 is 5.97 Å². The first-order valence-corrected chi connectivity index (χ1v) is 8.51. The smallest absolute Gasteiger partial charge is 0.344 e. The van der Waals surface area contributed by atoms with E-state index in [9.17, 15) is 9.18 Å². The first kappa shape index (κ1) is 17.9. The van der Waals surface area contributed by atoms with Crippen LogP contribution >= 0.6 is 0 Å². The van der Waals surface area contributed by atoms with Crippen molar-refractivity contribution in [1.82, 2.24) is 9.78 Å². The zero-order valence-corrected chi connectivity index (χ0v) is 15.3. The minimum Gasteiger partial charge on any atom is -0.404 e. The van der Waals surface area contributed by atoms with Crippen LogP contribution in [0.25, 0.3) is 5.69 Å². The maximum Gasteiger partial charge on any atom is 0.344 e. The van der Waals surface area contributed by atoms with E-state index < -0.39 is 11.8 Å². The maximum atomic E-state index is 13.1. The molecular weight excluding hydrogens is 331 g/mol. The number of esters is 1. The summed E-state index contributed by atoms with van der Waals surface area (Å²) in [5, 5.41) is 4.62. The van der Waals surface area contributed by atoms with Gasteiger partial charge in [0.05, 0.1) is 16.9 Å². The summed E-state index contributed by atoms with van der Waals surface area (Å²) in [4.78, 5) is 12.5. The molecule has 1 heterocycles. The lowest BCUT2D eigenvalue weighted by atomic mass is 10.1. The van der Waals surface area contributed by atoms with Gasteiger partial charge in [-0.2, -0.15) is 5.10 Å². The molecule has 0 aliphatic rings. The fourth-order valence-electron chi connectivity index (χ4n) is 2.61. The zero-order valence-electron chi connectivity index (χ0n) is 15.3. The number of rotatable bonds is 4. The number of ether oxygens (including phenoxy) is 1. The highest BCUT2D eigenvalue weighted by Crippen LogP contribution is 2.27. The third kappa shape index (κ3) is 3.52. The van der Waals surface area contributed by atoms with E-state index in [0.717, 1.165) is 22.5 Å². The van der Waals surface area contributed by atoms with Gasteiger partial charge in [-0.15, -0.1) is 0 Å². The summed E-state index contributed by atoms with van der Waals surface area (Å²) in [5.41, 5.74) is 4.16. The molecule has 4 nitrogen and oxygen atoms in total. The van der Waals surface area contributed by atoms with Crippen LogP contribution in [0.15, 0.2) is 48.5 Å². The molecule has 1 aromatic heterocycles. The third-order valence-electron chi connectivity index (χ3n) is 4.37. The number of aryl methyl sites for hydroxylation is 1. The molecule has 5 heteroatoms. The molecule has 0 spiro atoms. The van der Waals surface area contributed by atoms with Crippen LogP contribution in [0.4, 0.5) is 4.39 Å². The number of hydrogen-bond donors (Lipinski definition) is 0. The fraction of sp³-hybridized carbons (Fsp3) is 0.238. The standard InChI is InChI=1S/C21H21FN2O2/c1-13(2)18-12-20(26-21(25)16-8-10-17(22)11-9-16)24(23-18)19-7-5-6-14(3)15(19)4/h5-13H,1-4H3. The molecule has 26 heavy (non-hydrogen) atoms. The predicted molar refractivity (Wildman–Crippen MR) is 98.5 cm³/mol. The SMILES string of the molecule is Cc1cccc(-n2nc(C(C)C)cc2OC(=O)c2ccc(F)cc2)c1C. The molecule has 0 fully saturated rings. The second-order valence-electron chi connectivity index (χ2n) is 6.59. The average Bonchev–Trinajstić information content (AvgIpc) is 3.02. The Morgan fingerprint density at radius 1 is 1.12 bits per heavy atom. The van der Waals surface area contributed by atoms with Gasteiger partial charge < -0.3 is 4.74 Å². The number of hydrogen-bond acceptors (Lipinski definition) is 3. The average molecular weight is 352 g/mol. The molecule has 3 aromatic rings. The second-order valence-corrected chi connectivity index (χ2v) is 6.59. The van der Waals surface area contributed by atoms with E-state index in [0.29, 0.717) is 5.88 Å². The normalized spacial score (nSPS) is 11.0. The summed E-state index contributed by atoms with van der Waals surface area (Å²) in [7, 11) is 0. The van der Waals surface area contributed by atoms with Gasteiger partial charge in [-0.05, 0) is 61.2 Å². The van der Waals surface area contributed by atoms with Crippen LogP contribution in [0.1, 0.15) is 46.9 Å². The van der Waals surface area contributed by atoms with E-state index in [2.05, 4.69) is 5.10 Å². The van der Waals surface area contributed by atoms with E-state index in [1.807, 2.05) is 45.9 Å². The van der Waals surface area contributed by atoms with Gasteiger partial charge >= 0.3 is 5.97 Å². The van der Waals surface area contributed by atoms with Gasteiger partial charge in [0.1, 0.15) is 5.82 Å². The fourth-order valence-corrected chi connectivity index (χ4v) is 2.61. The molecule has 134 valence electrons. The van der Waals surface area contributed by atoms with Crippen molar-refractivity contribution < 1.29 is 13.9 Å². The summed E-state index contributed by atoms with van der Waals surface area (Å²) >= 11 is 0. The van der Waals surface area contributed by atoms with Crippen molar-refractivity contribution in [3.63, 3.8) is 0 Å². The molecule has 3 rings (SSSR count). The van der Waals surface area contributed by atoms with E-state index in [-0.39, 0.29) is 11.5 Å².